The fourth-order valence-corrected chi connectivity index (χ4v) is 2.48. The van der Waals surface area contributed by atoms with Crippen LogP contribution in [0.2, 0.25) is 0 Å². The maximum absolute atomic E-state index is 5.83. The number of aromatic nitrogens is 3. The first-order chi connectivity index (χ1) is 10.2. The molecule has 0 fully saturated rings. The Kier molecular flexibility index (Phi) is 5.58. The molecule has 114 valence electrons. The molecule has 0 saturated heterocycles. The van der Waals surface area contributed by atoms with Crippen LogP contribution in [-0.4, -0.2) is 28.4 Å². The van der Waals surface area contributed by atoms with Crippen LogP contribution in [0, 0.1) is 0 Å². The van der Waals surface area contributed by atoms with Gasteiger partial charge < -0.3 is 14.8 Å². The lowest BCUT2D eigenvalue weighted by atomic mass is 10.2. The molecular weight excluding hydrogens is 336 g/mol. The zero-order valence-corrected chi connectivity index (χ0v) is 14.0. The molecule has 6 nitrogen and oxygen atoms in total. The smallest absolute Gasteiger partial charge is 0.176 e. The van der Waals surface area contributed by atoms with Crippen molar-refractivity contribution >= 4 is 15.9 Å². The number of rotatable bonds is 7. The number of nitrogens with zero attached hydrogens (tertiary/aromatic N) is 3. The summed E-state index contributed by atoms with van der Waals surface area (Å²) in [5, 5.41) is 7.30. The second-order valence-corrected chi connectivity index (χ2v) is 5.33. The Morgan fingerprint density at radius 3 is 2.81 bits per heavy atom. The van der Waals surface area contributed by atoms with E-state index in [4.69, 9.17) is 9.47 Å². The Morgan fingerprint density at radius 2 is 2.19 bits per heavy atom. The predicted octanol–water partition coefficient (Wildman–Crippen LogP) is 2.27. The van der Waals surface area contributed by atoms with Crippen molar-refractivity contribution < 1.29 is 9.47 Å². The highest BCUT2D eigenvalue weighted by atomic mass is 79.9. The Morgan fingerprint density at radius 1 is 1.38 bits per heavy atom. The van der Waals surface area contributed by atoms with Crippen LogP contribution in [0.25, 0.3) is 0 Å². The summed E-state index contributed by atoms with van der Waals surface area (Å²) in [6, 6.07) is 4.00. The number of benzene rings is 1. The van der Waals surface area contributed by atoms with E-state index in [2.05, 4.69) is 38.3 Å². The highest BCUT2D eigenvalue weighted by Crippen LogP contribution is 2.37. The van der Waals surface area contributed by atoms with Crippen LogP contribution < -0.4 is 14.8 Å². The van der Waals surface area contributed by atoms with Crippen molar-refractivity contribution in [3.8, 4) is 11.5 Å². The number of hydrogen-bond donors (Lipinski definition) is 1. The van der Waals surface area contributed by atoms with Gasteiger partial charge in [-0.2, -0.15) is 5.10 Å². The molecule has 0 unspecified atom stereocenters. The third kappa shape index (κ3) is 3.95. The van der Waals surface area contributed by atoms with E-state index < -0.39 is 0 Å². The van der Waals surface area contributed by atoms with Gasteiger partial charge in [0.25, 0.3) is 0 Å². The van der Waals surface area contributed by atoms with E-state index in [0.717, 1.165) is 29.0 Å². The molecule has 1 aromatic carbocycles. The largest absolute Gasteiger partial charge is 0.493 e. The average molecular weight is 355 g/mol. The first kappa shape index (κ1) is 15.8. The summed E-state index contributed by atoms with van der Waals surface area (Å²) < 4.78 is 13.8. The van der Waals surface area contributed by atoms with Crippen LogP contribution >= 0.6 is 15.9 Å². The third-order valence-electron chi connectivity index (χ3n) is 3.02. The minimum absolute atomic E-state index is 0.331. The maximum Gasteiger partial charge on any atom is 0.176 e. The topological polar surface area (TPSA) is 61.2 Å². The molecule has 0 saturated carbocycles. The summed E-state index contributed by atoms with van der Waals surface area (Å²) in [5.41, 5.74) is 1.13. The molecule has 0 aliphatic rings. The summed E-state index contributed by atoms with van der Waals surface area (Å²) in [6.07, 6.45) is 1.50. The summed E-state index contributed by atoms with van der Waals surface area (Å²) >= 11 is 3.54. The minimum Gasteiger partial charge on any atom is -0.493 e. The summed E-state index contributed by atoms with van der Waals surface area (Å²) in [4.78, 5) is 4.13. The lowest BCUT2D eigenvalue weighted by Gasteiger charge is -2.14. The van der Waals surface area contributed by atoms with Crippen molar-refractivity contribution in [2.24, 2.45) is 7.05 Å². The zero-order chi connectivity index (χ0) is 15.2. The molecule has 0 aliphatic carbocycles. The van der Waals surface area contributed by atoms with Crippen molar-refractivity contribution in [2.45, 2.75) is 20.1 Å². The van der Waals surface area contributed by atoms with Crippen molar-refractivity contribution in [2.75, 3.05) is 13.7 Å². The lowest BCUT2D eigenvalue weighted by Crippen LogP contribution is -2.12. The van der Waals surface area contributed by atoms with Gasteiger partial charge in [0, 0.05) is 13.6 Å². The van der Waals surface area contributed by atoms with Gasteiger partial charge >= 0.3 is 0 Å². The monoisotopic (exact) mass is 354 g/mol. The molecule has 1 aromatic heterocycles. The van der Waals surface area contributed by atoms with Gasteiger partial charge in [-0.05, 0) is 40.2 Å². The van der Waals surface area contributed by atoms with Gasteiger partial charge in [0.1, 0.15) is 12.9 Å². The Bertz CT molecular complexity index is 601. The van der Waals surface area contributed by atoms with E-state index in [9.17, 15) is 0 Å². The molecule has 0 spiro atoms. The highest BCUT2D eigenvalue weighted by Gasteiger charge is 2.13. The van der Waals surface area contributed by atoms with Crippen LogP contribution in [0.15, 0.2) is 22.9 Å². The predicted molar refractivity (Wildman–Crippen MR) is 83.4 cm³/mol. The molecule has 2 rings (SSSR count). The molecular formula is C14H19BrN4O2. The molecule has 0 amide bonds. The van der Waals surface area contributed by atoms with Crippen molar-refractivity contribution in [3.05, 3.63) is 34.3 Å². The van der Waals surface area contributed by atoms with Crippen LogP contribution in [0.4, 0.5) is 0 Å². The van der Waals surface area contributed by atoms with Gasteiger partial charge in [0.2, 0.25) is 0 Å². The molecule has 21 heavy (non-hydrogen) atoms. The Balaban J connectivity index is 2.16. The van der Waals surface area contributed by atoms with Gasteiger partial charge in [-0.1, -0.05) is 6.92 Å². The SMILES string of the molecule is CCNCc1cc(Br)c(OCc2ncnn2C)c(OC)c1. The fraction of sp³-hybridized carbons (Fsp3) is 0.429. The number of methoxy groups -OCH3 is 1. The first-order valence-electron chi connectivity index (χ1n) is 6.68. The van der Waals surface area contributed by atoms with E-state index >= 15 is 0 Å². The van der Waals surface area contributed by atoms with Crippen LogP contribution in [0.5, 0.6) is 11.5 Å². The standard InChI is InChI=1S/C14H19BrN4O2/c1-4-16-7-10-5-11(15)14(12(6-10)20-3)21-8-13-17-9-18-19(13)2/h5-6,9,16H,4,7-8H2,1-3H3. The maximum atomic E-state index is 5.83. The molecule has 2 aromatic rings. The number of nitrogens with one attached hydrogen (secondary N) is 1. The van der Waals surface area contributed by atoms with Gasteiger partial charge in [-0.3, -0.25) is 4.68 Å². The van der Waals surface area contributed by atoms with Crippen LogP contribution in [0.1, 0.15) is 18.3 Å². The molecule has 1 N–H and O–H groups in total. The molecule has 0 bridgehead atoms. The van der Waals surface area contributed by atoms with Gasteiger partial charge in [-0.25, -0.2) is 4.98 Å². The Hall–Kier alpha value is -1.60. The molecule has 0 radical (unpaired) electrons. The van der Waals surface area contributed by atoms with Crippen molar-refractivity contribution in [1.29, 1.82) is 0 Å². The van der Waals surface area contributed by atoms with E-state index in [1.165, 1.54) is 6.33 Å². The van der Waals surface area contributed by atoms with E-state index in [-0.39, 0.29) is 0 Å². The summed E-state index contributed by atoms with van der Waals surface area (Å²) in [7, 11) is 3.46. The Labute approximate surface area is 132 Å². The number of halogens is 1. The van der Waals surface area contributed by atoms with Crippen molar-refractivity contribution in [3.63, 3.8) is 0 Å². The second-order valence-electron chi connectivity index (χ2n) is 4.48. The quantitative estimate of drug-likeness (QED) is 0.826. The number of aryl methyl sites for hydroxylation is 1. The molecule has 7 heteroatoms. The number of ether oxygens (including phenoxy) is 2. The second kappa shape index (κ2) is 7.42. The van der Waals surface area contributed by atoms with Gasteiger partial charge in [-0.15, -0.1) is 0 Å². The third-order valence-corrected chi connectivity index (χ3v) is 3.61. The lowest BCUT2D eigenvalue weighted by molar-refractivity contribution is 0.269. The molecule has 0 aliphatic heterocycles. The highest BCUT2D eigenvalue weighted by molar-refractivity contribution is 9.10. The van der Waals surface area contributed by atoms with Crippen LogP contribution in [0.3, 0.4) is 0 Å². The van der Waals surface area contributed by atoms with Gasteiger partial charge in [0.05, 0.1) is 11.6 Å². The fourth-order valence-electron chi connectivity index (χ4n) is 1.87. The molecule has 0 atom stereocenters. The summed E-state index contributed by atoms with van der Waals surface area (Å²) in [6.45, 7) is 4.11. The average Bonchev–Trinajstić information content (AvgIpc) is 2.88. The van der Waals surface area contributed by atoms with E-state index in [1.54, 1.807) is 11.8 Å². The minimum atomic E-state index is 0.331. The van der Waals surface area contributed by atoms with Crippen molar-refractivity contribution in [1.82, 2.24) is 20.1 Å². The molecule has 1 heterocycles. The zero-order valence-electron chi connectivity index (χ0n) is 12.4. The summed E-state index contributed by atoms with van der Waals surface area (Å²) in [5.74, 6) is 2.11. The van der Waals surface area contributed by atoms with E-state index in [1.807, 2.05) is 19.2 Å². The van der Waals surface area contributed by atoms with E-state index in [0.29, 0.717) is 18.1 Å². The first-order valence-corrected chi connectivity index (χ1v) is 7.47. The van der Waals surface area contributed by atoms with Gasteiger partial charge in [0.15, 0.2) is 17.3 Å². The number of hydrogen-bond acceptors (Lipinski definition) is 5. The normalized spacial score (nSPS) is 10.7. The van der Waals surface area contributed by atoms with Crippen LogP contribution in [-0.2, 0) is 20.2 Å².